The summed E-state index contributed by atoms with van der Waals surface area (Å²) in [4.78, 5) is 28.4. The van der Waals surface area contributed by atoms with E-state index in [1.54, 1.807) is 11.0 Å². The highest BCUT2D eigenvalue weighted by Gasteiger charge is 2.39. The second-order valence-corrected chi connectivity index (χ2v) is 7.29. The van der Waals surface area contributed by atoms with Crippen molar-refractivity contribution in [3.8, 4) is 0 Å². The van der Waals surface area contributed by atoms with Crippen molar-refractivity contribution in [2.24, 2.45) is 11.7 Å². The number of nitrogens with two attached hydrogens (primary N) is 1. The van der Waals surface area contributed by atoms with Gasteiger partial charge in [-0.2, -0.15) is 13.2 Å². The molecule has 2 amide bonds. The Morgan fingerprint density at radius 3 is 2.68 bits per heavy atom. The first-order chi connectivity index (χ1) is 12.8. The van der Waals surface area contributed by atoms with Crippen LogP contribution in [0.4, 0.5) is 13.2 Å². The molecule has 2 aliphatic heterocycles. The van der Waals surface area contributed by atoms with E-state index in [9.17, 15) is 22.8 Å². The molecule has 2 atom stereocenters. The number of alkyl halides is 3. The first-order valence-corrected chi connectivity index (χ1v) is 9.24. The normalized spacial score (nSPS) is 22.9. The van der Waals surface area contributed by atoms with Crippen molar-refractivity contribution >= 4 is 24.2 Å². The number of halogens is 4. The quantitative estimate of drug-likeness (QED) is 0.816. The molecule has 2 aliphatic rings. The monoisotopic (exact) mass is 419 g/mol. The largest absolute Gasteiger partial charge is 0.416 e. The van der Waals surface area contributed by atoms with Gasteiger partial charge in [-0.3, -0.25) is 9.59 Å². The number of carbonyl (C=O) groups excluding carboxylic acids is 2. The number of piperidine rings is 1. The van der Waals surface area contributed by atoms with Crippen LogP contribution >= 0.6 is 12.4 Å². The Morgan fingerprint density at radius 1 is 1.25 bits per heavy atom. The minimum atomic E-state index is -4.42. The van der Waals surface area contributed by atoms with Gasteiger partial charge in [0.25, 0.3) is 0 Å². The summed E-state index contributed by atoms with van der Waals surface area (Å²) in [6.45, 7) is 1.37. The summed E-state index contributed by atoms with van der Waals surface area (Å²) in [6.07, 6.45) is -1.48. The van der Waals surface area contributed by atoms with Crippen LogP contribution in [0.2, 0.25) is 0 Å². The smallest absolute Gasteiger partial charge is 0.338 e. The topological polar surface area (TPSA) is 66.6 Å². The van der Waals surface area contributed by atoms with Crippen LogP contribution in [0, 0.1) is 5.92 Å². The van der Waals surface area contributed by atoms with Crippen molar-refractivity contribution in [3.63, 3.8) is 0 Å². The highest BCUT2D eigenvalue weighted by atomic mass is 35.5. The van der Waals surface area contributed by atoms with Crippen molar-refractivity contribution in [2.75, 3.05) is 19.6 Å². The van der Waals surface area contributed by atoms with Gasteiger partial charge in [0.15, 0.2) is 0 Å². The van der Waals surface area contributed by atoms with E-state index in [1.165, 1.54) is 11.0 Å². The van der Waals surface area contributed by atoms with Crippen molar-refractivity contribution in [3.05, 3.63) is 35.4 Å². The molecule has 0 aliphatic carbocycles. The van der Waals surface area contributed by atoms with E-state index in [0.717, 1.165) is 31.4 Å². The number of hydrogen-bond donors (Lipinski definition) is 1. The lowest BCUT2D eigenvalue weighted by Gasteiger charge is -2.36. The Kier molecular flexibility index (Phi) is 7.33. The van der Waals surface area contributed by atoms with Crippen molar-refractivity contribution < 1.29 is 22.8 Å². The molecule has 1 aromatic carbocycles. The lowest BCUT2D eigenvalue weighted by Crippen LogP contribution is -2.50. The lowest BCUT2D eigenvalue weighted by molar-refractivity contribution is -0.139. The van der Waals surface area contributed by atoms with Crippen molar-refractivity contribution in [2.45, 2.75) is 44.4 Å². The molecule has 2 saturated heterocycles. The molecular weight excluding hydrogens is 395 g/mol. The van der Waals surface area contributed by atoms with Gasteiger partial charge in [-0.1, -0.05) is 12.1 Å². The van der Waals surface area contributed by atoms with Gasteiger partial charge in [-0.25, -0.2) is 0 Å². The van der Waals surface area contributed by atoms with Crippen LogP contribution in [0.15, 0.2) is 24.3 Å². The Hall–Kier alpha value is -1.80. The van der Waals surface area contributed by atoms with Crippen molar-refractivity contribution in [1.82, 2.24) is 9.80 Å². The maximum absolute atomic E-state index is 12.9. The molecule has 2 N–H and O–H groups in total. The molecule has 0 bridgehead atoms. The zero-order chi connectivity index (χ0) is 19.6. The summed E-state index contributed by atoms with van der Waals surface area (Å²) in [5, 5.41) is 0. The number of likely N-dealkylation sites (tertiary alicyclic amines) is 2. The van der Waals surface area contributed by atoms with E-state index < -0.39 is 17.7 Å². The van der Waals surface area contributed by atoms with E-state index in [1.807, 2.05) is 0 Å². The summed E-state index contributed by atoms with van der Waals surface area (Å²) in [6, 6.07) is 4.97. The van der Waals surface area contributed by atoms with Crippen LogP contribution in [0.1, 0.15) is 36.8 Å². The predicted octanol–water partition coefficient (Wildman–Crippen LogP) is 2.82. The lowest BCUT2D eigenvalue weighted by atomic mass is 9.98. The molecule has 2 unspecified atom stereocenters. The number of rotatable bonds is 4. The molecule has 2 fully saturated rings. The second kappa shape index (κ2) is 9.13. The second-order valence-electron chi connectivity index (χ2n) is 7.29. The zero-order valence-corrected chi connectivity index (χ0v) is 16.3. The van der Waals surface area contributed by atoms with E-state index >= 15 is 0 Å². The van der Waals surface area contributed by atoms with Crippen LogP contribution < -0.4 is 5.73 Å². The molecule has 5 nitrogen and oxygen atoms in total. The minimum Gasteiger partial charge on any atom is -0.338 e. The average molecular weight is 420 g/mol. The van der Waals surface area contributed by atoms with Gasteiger partial charge in [0.05, 0.1) is 11.5 Å². The number of nitrogens with zero attached hydrogens (tertiary/aromatic N) is 2. The van der Waals surface area contributed by atoms with E-state index in [4.69, 9.17) is 5.73 Å². The van der Waals surface area contributed by atoms with E-state index in [0.29, 0.717) is 18.7 Å². The first-order valence-electron chi connectivity index (χ1n) is 9.24. The molecule has 3 rings (SSSR count). The predicted molar refractivity (Wildman–Crippen MR) is 101 cm³/mol. The van der Waals surface area contributed by atoms with Crippen LogP contribution in [0.25, 0.3) is 0 Å². The Balaban J connectivity index is 0.00000280. The molecule has 1 aromatic rings. The molecule has 9 heteroatoms. The van der Waals surface area contributed by atoms with Gasteiger partial charge in [0.2, 0.25) is 11.8 Å². The molecule has 0 spiro atoms. The summed E-state index contributed by atoms with van der Waals surface area (Å²) in [7, 11) is 0. The molecule has 2 heterocycles. The van der Waals surface area contributed by atoms with Crippen molar-refractivity contribution in [1.29, 1.82) is 0 Å². The van der Waals surface area contributed by atoms with Gasteiger partial charge < -0.3 is 15.5 Å². The Morgan fingerprint density at radius 2 is 2.00 bits per heavy atom. The summed E-state index contributed by atoms with van der Waals surface area (Å²) in [5.74, 6) is -0.715. The Labute approximate surface area is 168 Å². The fraction of sp³-hybridized carbons (Fsp3) is 0.579. The first kappa shape index (κ1) is 22.5. The van der Waals surface area contributed by atoms with Gasteiger partial charge in [-0.05, 0) is 37.0 Å². The molecular formula is C19H25ClF3N3O2. The fourth-order valence-corrected chi connectivity index (χ4v) is 3.93. The highest BCUT2D eigenvalue weighted by molar-refractivity contribution is 5.89. The summed E-state index contributed by atoms with van der Waals surface area (Å²) >= 11 is 0. The number of hydrogen-bond acceptors (Lipinski definition) is 3. The number of amides is 2. The zero-order valence-electron chi connectivity index (χ0n) is 15.5. The SMILES string of the molecule is Cl.NCC1CCCCN1C(=O)C1CC(=O)N(Cc2cccc(C(F)(F)F)c2)C1. The van der Waals surface area contributed by atoms with Gasteiger partial charge >= 0.3 is 6.18 Å². The minimum absolute atomic E-state index is 0. The maximum Gasteiger partial charge on any atom is 0.416 e. The van der Waals surface area contributed by atoms with E-state index in [-0.39, 0.29) is 49.8 Å². The third kappa shape index (κ3) is 4.97. The third-order valence-corrected chi connectivity index (χ3v) is 5.37. The molecule has 0 saturated carbocycles. The van der Waals surface area contributed by atoms with Crippen LogP contribution in [0.3, 0.4) is 0 Å². The van der Waals surface area contributed by atoms with Crippen LogP contribution in [0.5, 0.6) is 0 Å². The number of carbonyl (C=O) groups is 2. The summed E-state index contributed by atoms with van der Waals surface area (Å²) < 4.78 is 38.6. The maximum atomic E-state index is 12.9. The highest BCUT2D eigenvalue weighted by Crippen LogP contribution is 2.31. The molecule has 0 aromatic heterocycles. The van der Waals surface area contributed by atoms with Gasteiger partial charge in [0, 0.05) is 38.6 Å². The fourth-order valence-electron chi connectivity index (χ4n) is 3.93. The molecule has 156 valence electrons. The Bertz CT molecular complexity index is 714. The van der Waals surface area contributed by atoms with Crippen LogP contribution in [-0.2, 0) is 22.3 Å². The summed E-state index contributed by atoms with van der Waals surface area (Å²) in [5.41, 5.74) is 5.44. The third-order valence-electron chi connectivity index (χ3n) is 5.37. The average Bonchev–Trinajstić information content (AvgIpc) is 3.01. The molecule has 0 radical (unpaired) electrons. The standard InChI is InChI=1S/C19H24F3N3O2.ClH/c20-19(21,22)15-5-3-4-13(8-15)11-24-12-14(9-17(24)26)18(27)25-7-2-1-6-16(25)10-23;/h3-5,8,14,16H,1-2,6-7,9-12,23H2;1H. The van der Waals surface area contributed by atoms with E-state index in [2.05, 4.69) is 0 Å². The number of benzene rings is 1. The van der Waals surface area contributed by atoms with Crippen LogP contribution in [-0.4, -0.2) is 47.3 Å². The van der Waals surface area contributed by atoms with Gasteiger partial charge in [0.1, 0.15) is 0 Å². The molecule has 28 heavy (non-hydrogen) atoms. The van der Waals surface area contributed by atoms with Gasteiger partial charge in [-0.15, -0.1) is 12.4 Å².